The molecular formula is C11H17BrFN3O. The molecule has 17 heavy (non-hydrogen) atoms. The third-order valence-corrected chi connectivity index (χ3v) is 3.38. The minimum atomic E-state index is -0.299. The number of aromatic nitrogens is 2. The number of halogens is 2. The normalized spacial score (nSPS) is 12.4. The molecule has 0 bridgehead atoms. The van der Waals surface area contributed by atoms with E-state index in [-0.39, 0.29) is 17.4 Å². The summed E-state index contributed by atoms with van der Waals surface area (Å²) in [5.41, 5.74) is 0.674. The molecule has 0 aliphatic rings. The predicted molar refractivity (Wildman–Crippen MR) is 69.1 cm³/mol. The molecule has 6 heteroatoms. The molecule has 1 aromatic heterocycles. The van der Waals surface area contributed by atoms with Gasteiger partial charge in [-0.2, -0.15) is 5.10 Å². The molecule has 4 nitrogen and oxygen atoms in total. The van der Waals surface area contributed by atoms with Crippen molar-refractivity contribution in [1.82, 2.24) is 9.78 Å². The summed E-state index contributed by atoms with van der Waals surface area (Å²) in [6.07, 6.45) is 5.38. The van der Waals surface area contributed by atoms with Gasteiger partial charge in [-0.15, -0.1) is 0 Å². The molecule has 0 unspecified atom stereocenters. The smallest absolute Gasteiger partial charge is 0.238 e. The van der Waals surface area contributed by atoms with Crippen molar-refractivity contribution in [2.75, 3.05) is 12.0 Å². The van der Waals surface area contributed by atoms with Gasteiger partial charge in [0.1, 0.15) is 0 Å². The highest BCUT2D eigenvalue weighted by atomic mass is 79.9. The Morgan fingerprint density at radius 1 is 1.65 bits per heavy atom. The third kappa shape index (κ3) is 4.85. The minimum Gasteiger partial charge on any atom is -0.322 e. The van der Waals surface area contributed by atoms with Crippen LogP contribution in [0.25, 0.3) is 0 Å². The maximum Gasteiger partial charge on any atom is 0.238 e. The average molecular weight is 306 g/mol. The summed E-state index contributed by atoms with van der Waals surface area (Å²) >= 11 is 3.28. The van der Waals surface area contributed by atoms with Crippen LogP contribution in [0.5, 0.6) is 0 Å². The first-order valence-corrected chi connectivity index (χ1v) is 6.62. The SMILES string of the molecule is CC[C@H](Br)C(=O)Nc1cnn(CCCCF)c1. The minimum absolute atomic E-state index is 0.0733. The molecule has 1 heterocycles. The van der Waals surface area contributed by atoms with Crippen LogP contribution < -0.4 is 5.32 Å². The molecule has 96 valence electrons. The maximum absolute atomic E-state index is 11.9. The number of nitrogens with zero attached hydrogens (tertiary/aromatic N) is 2. The summed E-state index contributed by atoms with van der Waals surface area (Å²) in [7, 11) is 0. The molecule has 0 aliphatic carbocycles. The number of aryl methyl sites for hydroxylation is 1. The van der Waals surface area contributed by atoms with Crippen molar-refractivity contribution < 1.29 is 9.18 Å². The fraction of sp³-hybridized carbons (Fsp3) is 0.636. The van der Waals surface area contributed by atoms with E-state index in [0.29, 0.717) is 18.7 Å². The zero-order valence-corrected chi connectivity index (χ0v) is 11.4. The third-order valence-electron chi connectivity index (χ3n) is 2.31. The van der Waals surface area contributed by atoms with E-state index in [1.165, 1.54) is 0 Å². The lowest BCUT2D eigenvalue weighted by Gasteiger charge is -2.06. The standard InChI is InChI=1S/C11H17BrFN3O/c1-2-10(12)11(17)15-9-7-14-16(8-9)6-4-3-5-13/h7-8,10H,2-6H2,1H3,(H,15,17)/t10-/m0/s1. The van der Waals surface area contributed by atoms with E-state index in [4.69, 9.17) is 0 Å². The van der Waals surface area contributed by atoms with Crippen molar-refractivity contribution in [1.29, 1.82) is 0 Å². The van der Waals surface area contributed by atoms with Gasteiger partial charge in [0.25, 0.3) is 0 Å². The number of carbonyl (C=O) groups is 1. The topological polar surface area (TPSA) is 46.9 Å². The molecule has 1 aromatic rings. The van der Waals surface area contributed by atoms with Crippen LogP contribution in [0.3, 0.4) is 0 Å². The Bertz CT molecular complexity index is 356. The largest absolute Gasteiger partial charge is 0.322 e. The van der Waals surface area contributed by atoms with Crippen molar-refractivity contribution in [2.24, 2.45) is 0 Å². The second kappa shape index (κ2) is 7.42. The van der Waals surface area contributed by atoms with Crippen molar-refractivity contribution >= 4 is 27.5 Å². The number of rotatable bonds is 7. The van der Waals surface area contributed by atoms with Crippen LogP contribution in [0.4, 0.5) is 10.1 Å². The second-order valence-corrected chi connectivity index (χ2v) is 4.86. The molecule has 0 aliphatic heterocycles. The Kier molecular flexibility index (Phi) is 6.18. The van der Waals surface area contributed by atoms with Crippen LogP contribution in [0.1, 0.15) is 26.2 Å². The quantitative estimate of drug-likeness (QED) is 0.622. The number of hydrogen-bond donors (Lipinski definition) is 1. The van der Waals surface area contributed by atoms with Crippen LogP contribution in [0, 0.1) is 0 Å². The lowest BCUT2D eigenvalue weighted by Crippen LogP contribution is -2.21. The summed E-state index contributed by atoms with van der Waals surface area (Å²) in [6, 6.07) is 0. The van der Waals surface area contributed by atoms with E-state index in [2.05, 4.69) is 26.3 Å². The number of unbranched alkanes of at least 4 members (excludes halogenated alkanes) is 1. The number of carbonyl (C=O) groups excluding carboxylic acids is 1. The summed E-state index contributed by atoms with van der Waals surface area (Å²) < 4.78 is 13.6. The van der Waals surface area contributed by atoms with E-state index in [9.17, 15) is 9.18 Å². The van der Waals surface area contributed by atoms with Gasteiger partial charge >= 0.3 is 0 Å². The van der Waals surface area contributed by atoms with Gasteiger partial charge in [0, 0.05) is 12.7 Å². The molecule has 0 spiro atoms. The molecule has 0 saturated carbocycles. The monoisotopic (exact) mass is 305 g/mol. The molecule has 0 aromatic carbocycles. The average Bonchev–Trinajstić information content (AvgIpc) is 2.76. The first kappa shape index (κ1) is 14.2. The summed E-state index contributed by atoms with van der Waals surface area (Å²) in [4.78, 5) is 11.4. The van der Waals surface area contributed by atoms with Crippen LogP contribution in [0.2, 0.25) is 0 Å². The highest BCUT2D eigenvalue weighted by Gasteiger charge is 2.12. The first-order chi connectivity index (χ1) is 8.17. The Balaban J connectivity index is 2.42. The second-order valence-electron chi connectivity index (χ2n) is 3.75. The Labute approximate surface area is 109 Å². The molecule has 1 atom stereocenters. The van der Waals surface area contributed by atoms with Crippen molar-refractivity contribution in [3.8, 4) is 0 Å². The maximum atomic E-state index is 11.9. The molecule has 1 amide bonds. The van der Waals surface area contributed by atoms with E-state index in [1.54, 1.807) is 17.1 Å². The van der Waals surface area contributed by atoms with Gasteiger partial charge in [0.15, 0.2) is 0 Å². The van der Waals surface area contributed by atoms with E-state index in [1.807, 2.05) is 6.92 Å². The van der Waals surface area contributed by atoms with Gasteiger partial charge in [-0.1, -0.05) is 22.9 Å². The van der Waals surface area contributed by atoms with Gasteiger partial charge in [0.05, 0.1) is 23.4 Å². The first-order valence-electron chi connectivity index (χ1n) is 5.70. The van der Waals surface area contributed by atoms with Crippen molar-refractivity contribution in [3.63, 3.8) is 0 Å². The number of anilines is 1. The van der Waals surface area contributed by atoms with Crippen molar-refractivity contribution in [3.05, 3.63) is 12.4 Å². The number of hydrogen-bond acceptors (Lipinski definition) is 2. The number of alkyl halides is 2. The number of amides is 1. The van der Waals surface area contributed by atoms with E-state index >= 15 is 0 Å². The Hall–Kier alpha value is -0.910. The molecule has 1 rings (SSSR count). The fourth-order valence-corrected chi connectivity index (χ4v) is 1.44. The highest BCUT2D eigenvalue weighted by molar-refractivity contribution is 9.10. The summed E-state index contributed by atoms with van der Waals surface area (Å²) in [5.74, 6) is -0.0733. The lowest BCUT2D eigenvalue weighted by molar-refractivity contribution is -0.115. The Morgan fingerprint density at radius 2 is 2.41 bits per heavy atom. The van der Waals surface area contributed by atoms with Gasteiger partial charge in [-0.05, 0) is 19.3 Å². The molecule has 0 saturated heterocycles. The van der Waals surface area contributed by atoms with Gasteiger partial charge < -0.3 is 5.32 Å². The van der Waals surface area contributed by atoms with Crippen LogP contribution >= 0.6 is 15.9 Å². The zero-order valence-electron chi connectivity index (χ0n) is 9.83. The summed E-state index contributed by atoms with van der Waals surface area (Å²) in [6.45, 7) is 2.30. The van der Waals surface area contributed by atoms with Crippen LogP contribution in [-0.2, 0) is 11.3 Å². The highest BCUT2D eigenvalue weighted by Crippen LogP contribution is 2.11. The van der Waals surface area contributed by atoms with Gasteiger partial charge in [0.2, 0.25) is 5.91 Å². The molecule has 1 N–H and O–H groups in total. The summed E-state index contributed by atoms with van der Waals surface area (Å²) in [5, 5.41) is 6.85. The van der Waals surface area contributed by atoms with E-state index < -0.39 is 0 Å². The molecule has 0 radical (unpaired) electrons. The van der Waals surface area contributed by atoms with Gasteiger partial charge in [-0.3, -0.25) is 13.9 Å². The van der Waals surface area contributed by atoms with Crippen LogP contribution in [-0.4, -0.2) is 27.2 Å². The van der Waals surface area contributed by atoms with Gasteiger partial charge in [-0.25, -0.2) is 0 Å². The van der Waals surface area contributed by atoms with E-state index in [0.717, 1.165) is 12.8 Å². The zero-order chi connectivity index (χ0) is 12.7. The molecular weight excluding hydrogens is 289 g/mol. The van der Waals surface area contributed by atoms with Crippen molar-refractivity contribution in [2.45, 2.75) is 37.6 Å². The fourth-order valence-electron chi connectivity index (χ4n) is 1.32. The molecule has 0 fully saturated rings. The lowest BCUT2D eigenvalue weighted by atomic mass is 10.3. The van der Waals surface area contributed by atoms with Crippen LogP contribution in [0.15, 0.2) is 12.4 Å². The number of nitrogens with one attached hydrogen (secondary N) is 1. The Morgan fingerprint density at radius 3 is 3.06 bits per heavy atom. The predicted octanol–water partition coefficient (Wildman–Crippen LogP) is 2.74.